The lowest BCUT2D eigenvalue weighted by atomic mass is 9.63. The summed E-state index contributed by atoms with van der Waals surface area (Å²) in [7, 11) is 0. The quantitative estimate of drug-likeness (QED) is 0.787. The van der Waals surface area contributed by atoms with Crippen LogP contribution in [0.1, 0.15) is 24.8 Å². The smallest absolute Gasteiger partial charge is 0.0992 e. The second-order valence-corrected chi connectivity index (χ2v) is 5.84. The molecule has 1 aliphatic carbocycles. The van der Waals surface area contributed by atoms with Crippen molar-refractivity contribution in [3.8, 4) is 6.07 Å². The second-order valence-electron chi connectivity index (χ2n) is 4.99. The van der Waals surface area contributed by atoms with Gasteiger partial charge < -0.3 is 4.90 Å². The third-order valence-corrected chi connectivity index (χ3v) is 4.52. The molecule has 1 spiro atoms. The Morgan fingerprint density at radius 3 is 2.56 bits per heavy atom. The molecule has 2 aliphatic rings. The van der Waals surface area contributed by atoms with Gasteiger partial charge in [0.1, 0.15) is 0 Å². The van der Waals surface area contributed by atoms with E-state index in [2.05, 4.69) is 26.9 Å². The standard InChI is InChI=1S/C13H13BrN2/c14-11-6-10(7-15)2-3-12(11)16-8-13(9-16)4-1-5-13/h2-3,6H,1,4-5,8-9H2. The summed E-state index contributed by atoms with van der Waals surface area (Å²) in [5.74, 6) is 0. The van der Waals surface area contributed by atoms with Gasteiger partial charge in [-0.1, -0.05) is 6.42 Å². The number of benzene rings is 1. The molecule has 1 heterocycles. The van der Waals surface area contributed by atoms with Gasteiger partial charge in [0.25, 0.3) is 0 Å². The molecule has 3 heteroatoms. The molecule has 0 aromatic heterocycles. The average molecular weight is 277 g/mol. The van der Waals surface area contributed by atoms with Crippen molar-refractivity contribution in [2.75, 3.05) is 18.0 Å². The van der Waals surface area contributed by atoms with E-state index in [1.54, 1.807) is 0 Å². The summed E-state index contributed by atoms with van der Waals surface area (Å²) in [4.78, 5) is 2.41. The van der Waals surface area contributed by atoms with Crippen LogP contribution in [0.5, 0.6) is 0 Å². The molecule has 1 aromatic carbocycles. The highest BCUT2D eigenvalue weighted by molar-refractivity contribution is 9.10. The second kappa shape index (κ2) is 3.49. The predicted molar refractivity (Wildman–Crippen MR) is 67.4 cm³/mol. The minimum Gasteiger partial charge on any atom is -0.369 e. The maximum atomic E-state index is 8.81. The summed E-state index contributed by atoms with van der Waals surface area (Å²) in [5.41, 5.74) is 2.60. The molecule has 0 radical (unpaired) electrons. The Bertz CT molecular complexity index is 463. The zero-order chi connectivity index (χ0) is 11.2. The third-order valence-electron chi connectivity index (χ3n) is 3.88. The van der Waals surface area contributed by atoms with Crippen molar-refractivity contribution in [3.63, 3.8) is 0 Å². The van der Waals surface area contributed by atoms with Gasteiger partial charge in [0.05, 0.1) is 17.3 Å². The molecule has 0 amide bonds. The summed E-state index contributed by atoms with van der Waals surface area (Å²) in [6.45, 7) is 2.38. The van der Waals surface area contributed by atoms with Crippen LogP contribution < -0.4 is 4.90 Å². The number of halogens is 1. The van der Waals surface area contributed by atoms with E-state index in [1.165, 1.54) is 38.0 Å². The molecule has 16 heavy (non-hydrogen) atoms. The van der Waals surface area contributed by atoms with Gasteiger partial charge in [-0.15, -0.1) is 0 Å². The third kappa shape index (κ3) is 1.44. The molecule has 82 valence electrons. The molecule has 0 unspecified atom stereocenters. The van der Waals surface area contributed by atoms with Gasteiger partial charge in [0, 0.05) is 23.0 Å². The van der Waals surface area contributed by atoms with Crippen LogP contribution in [0.25, 0.3) is 0 Å². The highest BCUT2D eigenvalue weighted by Gasteiger charge is 2.47. The monoisotopic (exact) mass is 276 g/mol. The number of anilines is 1. The minimum absolute atomic E-state index is 0.646. The maximum Gasteiger partial charge on any atom is 0.0992 e. The van der Waals surface area contributed by atoms with E-state index in [0.29, 0.717) is 5.41 Å². The van der Waals surface area contributed by atoms with Crippen LogP contribution in [-0.2, 0) is 0 Å². The zero-order valence-electron chi connectivity index (χ0n) is 9.04. The first-order valence-corrected chi connectivity index (χ1v) is 6.46. The Morgan fingerprint density at radius 1 is 1.31 bits per heavy atom. The van der Waals surface area contributed by atoms with Crippen LogP contribution in [0, 0.1) is 16.7 Å². The van der Waals surface area contributed by atoms with Crippen LogP contribution in [0.4, 0.5) is 5.69 Å². The van der Waals surface area contributed by atoms with Crippen LogP contribution in [-0.4, -0.2) is 13.1 Å². The summed E-state index contributed by atoms with van der Waals surface area (Å²) in [6.07, 6.45) is 4.21. The van der Waals surface area contributed by atoms with Crippen molar-refractivity contribution in [2.24, 2.45) is 5.41 Å². The van der Waals surface area contributed by atoms with Crippen molar-refractivity contribution >= 4 is 21.6 Å². The van der Waals surface area contributed by atoms with Crippen molar-refractivity contribution < 1.29 is 0 Å². The van der Waals surface area contributed by atoms with Gasteiger partial charge >= 0.3 is 0 Å². The van der Waals surface area contributed by atoms with Crippen LogP contribution >= 0.6 is 15.9 Å². The Kier molecular flexibility index (Phi) is 2.22. The highest BCUT2D eigenvalue weighted by Crippen LogP contribution is 2.50. The van der Waals surface area contributed by atoms with Crippen LogP contribution in [0.15, 0.2) is 22.7 Å². The SMILES string of the molecule is N#Cc1ccc(N2CC3(CCC3)C2)c(Br)c1. The van der Waals surface area contributed by atoms with E-state index in [-0.39, 0.29) is 0 Å². The molecular weight excluding hydrogens is 264 g/mol. The number of hydrogen-bond donors (Lipinski definition) is 0. The molecule has 3 rings (SSSR count). The van der Waals surface area contributed by atoms with Crippen molar-refractivity contribution in [1.82, 2.24) is 0 Å². The molecule has 1 saturated heterocycles. The fraction of sp³-hybridized carbons (Fsp3) is 0.462. The van der Waals surface area contributed by atoms with E-state index in [4.69, 9.17) is 5.26 Å². The Morgan fingerprint density at radius 2 is 2.06 bits per heavy atom. The van der Waals surface area contributed by atoms with E-state index in [0.717, 1.165) is 10.0 Å². The van der Waals surface area contributed by atoms with Crippen LogP contribution in [0.2, 0.25) is 0 Å². The fourth-order valence-electron chi connectivity index (χ4n) is 2.76. The zero-order valence-corrected chi connectivity index (χ0v) is 10.6. The summed E-state index contributed by atoms with van der Waals surface area (Å²) in [5, 5.41) is 8.81. The van der Waals surface area contributed by atoms with Crippen molar-refractivity contribution in [3.05, 3.63) is 28.2 Å². The van der Waals surface area contributed by atoms with Gasteiger partial charge in [-0.3, -0.25) is 0 Å². The Hall–Kier alpha value is -1.01. The van der Waals surface area contributed by atoms with Gasteiger partial charge in [-0.2, -0.15) is 5.26 Å². The number of rotatable bonds is 1. The fourth-order valence-corrected chi connectivity index (χ4v) is 3.39. The van der Waals surface area contributed by atoms with Crippen LogP contribution in [0.3, 0.4) is 0 Å². The summed E-state index contributed by atoms with van der Waals surface area (Å²) < 4.78 is 1.04. The first kappa shape index (κ1) is 10.2. The van der Waals surface area contributed by atoms with E-state index >= 15 is 0 Å². The molecule has 1 saturated carbocycles. The average Bonchev–Trinajstić information content (AvgIpc) is 2.15. The summed E-state index contributed by atoms with van der Waals surface area (Å²) in [6, 6.07) is 8.01. The maximum absolute atomic E-state index is 8.81. The van der Waals surface area contributed by atoms with E-state index in [9.17, 15) is 0 Å². The lowest BCUT2D eigenvalue weighted by Gasteiger charge is -2.57. The topological polar surface area (TPSA) is 27.0 Å². The van der Waals surface area contributed by atoms with Crippen molar-refractivity contribution in [2.45, 2.75) is 19.3 Å². The molecule has 0 N–H and O–H groups in total. The highest BCUT2D eigenvalue weighted by atomic mass is 79.9. The molecule has 0 bridgehead atoms. The first-order chi connectivity index (χ1) is 7.72. The van der Waals surface area contributed by atoms with Gasteiger partial charge in [0.2, 0.25) is 0 Å². The molecule has 1 aromatic rings. The molecule has 1 aliphatic heterocycles. The molecule has 2 nitrogen and oxygen atoms in total. The van der Waals surface area contributed by atoms with Gasteiger partial charge in [-0.05, 0) is 47.0 Å². The molecule has 2 fully saturated rings. The number of hydrogen-bond acceptors (Lipinski definition) is 2. The molecule has 0 atom stereocenters. The van der Waals surface area contributed by atoms with E-state index < -0.39 is 0 Å². The Labute approximate surface area is 104 Å². The van der Waals surface area contributed by atoms with Crippen molar-refractivity contribution in [1.29, 1.82) is 5.26 Å². The van der Waals surface area contributed by atoms with Gasteiger partial charge in [0.15, 0.2) is 0 Å². The largest absolute Gasteiger partial charge is 0.369 e. The lowest BCUT2D eigenvalue weighted by molar-refractivity contribution is 0.0903. The number of nitrogens with zero attached hydrogens (tertiary/aromatic N) is 2. The van der Waals surface area contributed by atoms with Gasteiger partial charge in [-0.25, -0.2) is 0 Å². The lowest BCUT2D eigenvalue weighted by Crippen LogP contribution is -2.59. The number of nitriles is 1. The molecular formula is C13H13BrN2. The van der Waals surface area contributed by atoms with E-state index in [1.807, 2.05) is 18.2 Å². The summed E-state index contributed by atoms with van der Waals surface area (Å²) >= 11 is 3.55. The minimum atomic E-state index is 0.646. The normalized spacial score (nSPS) is 21.1. The first-order valence-electron chi connectivity index (χ1n) is 5.67. The predicted octanol–water partition coefficient (Wildman–Crippen LogP) is 3.31. The Balaban J connectivity index is 1.78.